The van der Waals surface area contributed by atoms with Gasteiger partial charge < -0.3 is 10.9 Å². The van der Waals surface area contributed by atoms with Crippen molar-refractivity contribution >= 4 is 5.91 Å². The highest BCUT2D eigenvalue weighted by Crippen LogP contribution is 2.64. The van der Waals surface area contributed by atoms with Gasteiger partial charge in [0.15, 0.2) is 5.69 Å². The molecular weight excluding hydrogens is 475 g/mol. The summed E-state index contributed by atoms with van der Waals surface area (Å²) in [6.45, 7) is 6.81. The van der Waals surface area contributed by atoms with Crippen LogP contribution >= 0.6 is 0 Å². The Bertz CT molecular complexity index is 1190. The van der Waals surface area contributed by atoms with Crippen LogP contribution in [-0.4, -0.2) is 26.7 Å². The fourth-order valence-corrected chi connectivity index (χ4v) is 9.07. The summed E-state index contributed by atoms with van der Waals surface area (Å²) >= 11 is 0. The first-order chi connectivity index (χ1) is 18.2. The molecule has 38 heavy (non-hydrogen) atoms. The summed E-state index contributed by atoms with van der Waals surface area (Å²) in [5.74, 6) is 9.60. The van der Waals surface area contributed by atoms with Crippen LogP contribution in [0.4, 0.5) is 4.39 Å². The third-order valence-electron chi connectivity index (χ3n) is 10.8. The van der Waals surface area contributed by atoms with Gasteiger partial charge in [-0.2, -0.15) is 5.10 Å². The number of hydrogen-bond donors (Lipinski definition) is 0. The molecule has 206 valence electrons. The van der Waals surface area contributed by atoms with E-state index >= 15 is 0 Å². The topological polar surface area (TPSA) is 61.9 Å². The van der Waals surface area contributed by atoms with Crippen molar-refractivity contribution in [1.29, 1.82) is 0 Å². The highest BCUT2D eigenvalue weighted by Gasteiger charge is 2.60. The average molecular weight is 520 g/mol. The number of carbonyl (C=O) groups excluding carboxylic acids is 1. The zero-order valence-electron chi connectivity index (χ0n) is 23.4. The van der Waals surface area contributed by atoms with Crippen LogP contribution in [0, 0.1) is 22.6 Å². The van der Waals surface area contributed by atoms with Gasteiger partial charge in [0.1, 0.15) is 5.82 Å². The molecule has 0 saturated heterocycles. The molecule has 0 aliphatic heterocycles. The molecule has 1 aromatic heterocycles. The van der Waals surface area contributed by atoms with Crippen LogP contribution in [0.1, 0.15) is 131 Å². The predicted octanol–water partition coefficient (Wildman–Crippen LogP) is 8.20. The molecule has 2 aromatic rings. The second kappa shape index (κ2) is 9.76. The first-order valence-corrected chi connectivity index (χ1v) is 15.1. The van der Waals surface area contributed by atoms with E-state index in [2.05, 4.69) is 25.5 Å². The first kappa shape index (κ1) is 26.0. The van der Waals surface area contributed by atoms with E-state index in [1.54, 1.807) is 12.1 Å². The lowest BCUT2D eigenvalue weighted by Gasteiger charge is -2.51. The summed E-state index contributed by atoms with van der Waals surface area (Å²) in [5, 5.41) is 6.47. The van der Waals surface area contributed by atoms with Crippen LogP contribution in [-0.2, 0) is 12.8 Å². The van der Waals surface area contributed by atoms with Gasteiger partial charge in [0.25, 0.3) is 5.91 Å². The van der Waals surface area contributed by atoms with Gasteiger partial charge in [-0.3, -0.25) is 9.48 Å². The molecule has 4 aliphatic rings. The molecule has 1 aromatic carbocycles. The van der Waals surface area contributed by atoms with Crippen molar-refractivity contribution < 1.29 is 9.18 Å². The molecule has 3 saturated carbocycles. The fraction of sp³-hybridized carbons (Fsp3) is 0.688. The Morgan fingerprint density at radius 2 is 1.87 bits per heavy atom. The minimum absolute atomic E-state index is 0.00831. The monoisotopic (exact) mass is 519 g/mol. The molecule has 5 nitrogen and oxygen atoms in total. The van der Waals surface area contributed by atoms with E-state index in [1.807, 2.05) is 6.07 Å². The van der Waals surface area contributed by atoms with Crippen LogP contribution in [0.25, 0.3) is 5.84 Å². The summed E-state index contributed by atoms with van der Waals surface area (Å²) in [5.41, 5.74) is 3.75. The lowest BCUT2D eigenvalue weighted by molar-refractivity contribution is 0.0257. The van der Waals surface area contributed by atoms with Gasteiger partial charge >= 0.3 is 0 Å². The van der Waals surface area contributed by atoms with E-state index in [0.29, 0.717) is 17.7 Å². The third kappa shape index (κ3) is 4.31. The van der Waals surface area contributed by atoms with Gasteiger partial charge in [0.2, 0.25) is 0 Å². The molecule has 1 heterocycles. The van der Waals surface area contributed by atoms with Crippen molar-refractivity contribution in [3.63, 3.8) is 0 Å². The second-order valence-corrected chi connectivity index (χ2v) is 13.7. The minimum Gasteiger partial charge on any atom is -0.580 e. The maximum atomic E-state index is 14.2. The van der Waals surface area contributed by atoms with Crippen LogP contribution in [0.2, 0.25) is 0 Å². The molecule has 3 unspecified atom stereocenters. The molecule has 6 heteroatoms. The van der Waals surface area contributed by atoms with E-state index < -0.39 is 0 Å². The predicted molar refractivity (Wildman–Crippen MR) is 148 cm³/mol. The standard InChI is InChI=1S/C32H44FN4O/c1-31(2)23-16-17-32(3,20-23)30(31)36(34)29(38)27-26-15-8-7-11-22(18-21-10-9-12-24(33)19-21)28(26)37(35-27)25-13-5-4-6-14-25/h9-10,12,19,22-23,25,30,34H,4-8,11,13-18,20H2,1-3H3/q-1/t22?,23?,30-,32?/m1/s1. The summed E-state index contributed by atoms with van der Waals surface area (Å²) in [4.78, 5) is 14.2. The molecular formula is C32H44FN4O-. The van der Waals surface area contributed by atoms with Gasteiger partial charge in [-0.15, -0.1) is 0 Å². The third-order valence-corrected chi connectivity index (χ3v) is 10.8. The van der Waals surface area contributed by atoms with Crippen LogP contribution in [0.15, 0.2) is 24.3 Å². The van der Waals surface area contributed by atoms with Crippen LogP contribution in [0.5, 0.6) is 0 Å². The Labute approximate surface area is 227 Å². The van der Waals surface area contributed by atoms with Gasteiger partial charge in [0.05, 0.1) is 6.04 Å². The number of carbonyl (C=O) groups is 1. The molecule has 1 N–H and O–H groups in total. The molecule has 2 bridgehead atoms. The maximum Gasteiger partial charge on any atom is 0.257 e. The highest BCUT2D eigenvalue weighted by atomic mass is 19.1. The number of aromatic nitrogens is 2. The zero-order valence-corrected chi connectivity index (χ0v) is 23.4. The fourth-order valence-electron chi connectivity index (χ4n) is 9.07. The minimum atomic E-state index is -0.214. The second-order valence-electron chi connectivity index (χ2n) is 13.7. The Morgan fingerprint density at radius 1 is 1.11 bits per heavy atom. The van der Waals surface area contributed by atoms with Crippen LogP contribution in [0.3, 0.4) is 0 Å². The number of benzene rings is 1. The molecule has 6 rings (SSSR count). The van der Waals surface area contributed by atoms with Gasteiger partial charge in [-0.1, -0.05) is 58.6 Å². The summed E-state index contributed by atoms with van der Waals surface area (Å²) in [6.07, 6.45) is 14.0. The van der Waals surface area contributed by atoms with E-state index in [1.165, 1.54) is 42.5 Å². The Hall–Kier alpha value is -2.21. The van der Waals surface area contributed by atoms with E-state index in [9.17, 15) is 15.0 Å². The van der Waals surface area contributed by atoms with Crippen molar-refractivity contribution in [2.75, 3.05) is 0 Å². The van der Waals surface area contributed by atoms with Crippen molar-refractivity contribution in [3.8, 4) is 0 Å². The summed E-state index contributed by atoms with van der Waals surface area (Å²) in [7, 11) is 0. The highest BCUT2D eigenvalue weighted by molar-refractivity contribution is 5.95. The summed E-state index contributed by atoms with van der Waals surface area (Å²) < 4.78 is 16.3. The zero-order chi connectivity index (χ0) is 26.7. The first-order valence-electron chi connectivity index (χ1n) is 15.1. The molecule has 0 spiro atoms. The lowest BCUT2D eigenvalue weighted by atomic mass is 9.68. The molecule has 1 amide bonds. The number of hydrogen-bond acceptors (Lipinski definition) is 2. The normalized spacial score (nSPS) is 30.7. The van der Waals surface area contributed by atoms with E-state index in [0.717, 1.165) is 68.9 Å². The smallest absolute Gasteiger partial charge is 0.257 e. The number of amides is 1. The number of fused-ring (bicyclic) bond motifs is 3. The number of halogens is 1. The van der Waals surface area contributed by atoms with E-state index in [-0.39, 0.29) is 34.5 Å². The SMILES string of the molecule is CC12CCC(C1)C(C)(C)[C@H]2N([NH-])C(=O)c1nn(C2CCCCC2)c2c1CCCCC2Cc1cccc(F)c1. The van der Waals surface area contributed by atoms with Crippen molar-refractivity contribution in [3.05, 3.63) is 58.4 Å². The number of nitrogens with one attached hydrogen (secondary N) is 1. The lowest BCUT2D eigenvalue weighted by Crippen LogP contribution is -2.51. The molecule has 4 atom stereocenters. The number of nitrogens with zero attached hydrogens (tertiary/aromatic N) is 3. The van der Waals surface area contributed by atoms with Crippen molar-refractivity contribution in [2.45, 2.75) is 122 Å². The van der Waals surface area contributed by atoms with Crippen molar-refractivity contribution in [1.82, 2.24) is 14.8 Å². The maximum absolute atomic E-state index is 14.2. The van der Waals surface area contributed by atoms with Gasteiger partial charge in [0, 0.05) is 23.2 Å². The largest absolute Gasteiger partial charge is 0.580 e. The Morgan fingerprint density at radius 3 is 2.58 bits per heavy atom. The number of rotatable bonds is 5. The van der Waals surface area contributed by atoms with Crippen molar-refractivity contribution in [2.24, 2.45) is 16.7 Å². The van der Waals surface area contributed by atoms with E-state index in [4.69, 9.17) is 5.10 Å². The molecule has 3 fully saturated rings. The van der Waals surface area contributed by atoms with Gasteiger partial charge in [-0.25, -0.2) is 4.39 Å². The summed E-state index contributed by atoms with van der Waals surface area (Å²) in [6, 6.07) is 7.19. The molecule has 4 aliphatic carbocycles. The Kier molecular flexibility index (Phi) is 6.69. The van der Waals surface area contributed by atoms with Gasteiger partial charge in [-0.05, 0) is 92.2 Å². The molecule has 0 radical (unpaired) electrons. The Balaban J connectivity index is 1.40. The van der Waals surface area contributed by atoms with Crippen LogP contribution < -0.4 is 0 Å². The average Bonchev–Trinajstić information content (AvgIpc) is 3.47. The quantitative estimate of drug-likeness (QED) is 0.295.